The zero-order chi connectivity index (χ0) is 84.4. The van der Waals surface area contributed by atoms with Crippen molar-refractivity contribution < 1.29 is 121 Å². The smallest absolute Gasteiger partial charge is 0.337 e. The molecular formula is C87H99FI10N6O12. The molecule has 0 aliphatic carbocycles. The summed E-state index contributed by atoms with van der Waals surface area (Å²) in [6.07, 6.45) is 42.2. The van der Waals surface area contributed by atoms with E-state index in [1.165, 1.54) is 63.0 Å². The first-order chi connectivity index (χ1) is 54.5. The maximum Gasteiger partial charge on any atom is 0.337 e. The maximum atomic E-state index is 14.1. The van der Waals surface area contributed by atoms with Gasteiger partial charge >= 0.3 is 23.9 Å². The van der Waals surface area contributed by atoms with Crippen molar-refractivity contribution in [1.29, 1.82) is 0 Å². The molecule has 10 rings (SSSR count). The summed E-state index contributed by atoms with van der Waals surface area (Å²) in [5.74, 6) is -5.23. The number of likely N-dealkylation sites (N-methyl/N-ethyl adjacent to an activating group) is 2. The highest BCUT2D eigenvalue weighted by Gasteiger charge is 2.54. The number of halogens is 11. The summed E-state index contributed by atoms with van der Waals surface area (Å²) >= 11 is 19.2. The van der Waals surface area contributed by atoms with Crippen molar-refractivity contribution in [2.75, 3.05) is 45.1 Å². The highest BCUT2D eigenvalue weighted by atomic mass is 127. The third kappa shape index (κ3) is 24.2. The molecule has 2 saturated heterocycles. The Morgan fingerprint density at radius 3 is 1.28 bits per heavy atom. The van der Waals surface area contributed by atoms with Crippen LogP contribution in [0.5, 0.6) is 0 Å². The molecule has 116 heavy (non-hydrogen) atoms. The van der Waals surface area contributed by atoms with Crippen molar-refractivity contribution in [1.82, 2.24) is 10.1 Å². The van der Waals surface area contributed by atoms with E-state index in [2.05, 4.69) is 353 Å². The lowest BCUT2D eigenvalue weighted by Gasteiger charge is -2.36. The Morgan fingerprint density at radius 1 is 0.491 bits per heavy atom. The summed E-state index contributed by atoms with van der Waals surface area (Å²) in [6, 6.07) is 17.6. The number of amides is 4. The molecule has 5 atom stereocenters. The van der Waals surface area contributed by atoms with E-state index in [0.29, 0.717) is 35.8 Å². The number of alkyl halides is 1. The zero-order valence-electron chi connectivity index (χ0n) is 67.4. The van der Waals surface area contributed by atoms with Gasteiger partial charge in [0.1, 0.15) is 14.1 Å². The fourth-order valence-electron chi connectivity index (χ4n) is 16.7. The van der Waals surface area contributed by atoms with E-state index in [0.717, 1.165) is 104 Å². The molecular weight excluding hydrogens is 2610 g/mol. The van der Waals surface area contributed by atoms with Crippen LogP contribution in [0.25, 0.3) is 0 Å². The van der Waals surface area contributed by atoms with Crippen LogP contribution in [-0.2, 0) is 69.7 Å². The third-order valence-electron chi connectivity index (χ3n) is 22.2. The molecule has 0 radical (unpaired) electrons. The lowest BCUT2D eigenvalue weighted by Crippen LogP contribution is -3.00. The third-order valence-corrected chi connectivity index (χ3v) is 28.1. The molecule has 29 heteroatoms. The Bertz CT molecular complexity index is 4720. The number of imide groups is 2. The van der Waals surface area contributed by atoms with Gasteiger partial charge in [0, 0.05) is 157 Å². The maximum absolute atomic E-state index is 14.1. The summed E-state index contributed by atoms with van der Waals surface area (Å²) < 4.78 is 29.5. The Morgan fingerprint density at radius 2 is 0.845 bits per heavy atom. The van der Waals surface area contributed by atoms with Crippen molar-refractivity contribution in [3.05, 3.63) is 196 Å². The fraction of sp³-hybridized carbons (Fsp3) is 0.425. The topological polar surface area (TPSA) is 214 Å². The molecule has 6 aliphatic heterocycles. The molecule has 626 valence electrons. The van der Waals surface area contributed by atoms with E-state index in [9.17, 15) is 42.7 Å². The second-order valence-electron chi connectivity index (χ2n) is 29.9. The number of nitrogens with zero attached hydrogens (tertiary/aromatic N) is 6. The number of carbonyl (C=O) groups is 8. The molecule has 0 saturated carbocycles. The second kappa shape index (κ2) is 46.7. The minimum absolute atomic E-state index is 0. The van der Waals surface area contributed by atoms with Crippen LogP contribution in [0.3, 0.4) is 0 Å². The Hall–Kier alpha value is -2.87. The van der Waals surface area contributed by atoms with E-state index < -0.39 is 66.0 Å². The number of rotatable bonds is 33. The first kappa shape index (κ1) is 100. The quantitative estimate of drug-likeness (QED) is 0.0149. The van der Waals surface area contributed by atoms with Crippen LogP contribution in [0.1, 0.15) is 200 Å². The first-order valence-electron chi connectivity index (χ1n) is 38.8. The summed E-state index contributed by atoms with van der Waals surface area (Å²) in [4.78, 5) is 112. The molecule has 2 N–H and O–H groups in total. The number of allylic oxidation sites excluding steroid dienone is 16. The van der Waals surface area contributed by atoms with Crippen LogP contribution in [0.15, 0.2) is 145 Å². The van der Waals surface area contributed by atoms with E-state index in [1.807, 2.05) is 43.5 Å². The molecule has 2 fully saturated rings. The SMILES string of the molecule is CCCCC(C(=O)ON1C(=O)CCC1=O)C1(C)/C(=C/C=C/C=C/C=C/C2=[N+](C)c3cc(I)cc(I)c3C2(C)CCCCCC(=O)ON2C(=O)CCC2=O)N(C)c2cc(I)cc(I)c21.CN1\C(=C/C=C/C=C/C=C/C2=[N+](C)c3cc(I)cc(I)c3C2(C)CCCCCC(=O)O)C(C)(CCCCCC(=O)O)c2c(I)cc(I)cc21.[2H]CF.[I-].[I-]. The highest BCUT2D eigenvalue weighted by Crippen LogP contribution is 2.56. The van der Waals surface area contributed by atoms with Gasteiger partial charge in [-0.1, -0.05) is 119 Å². The number of hydroxylamine groups is 4. The van der Waals surface area contributed by atoms with Crippen molar-refractivity contribution in [2.24, 2.45) is 5.92 Å². The van der Waals surface area contributed by atoms with Crippen LogP contribution in [0, 0.1) is 34.5 Å². The highest BCUT2D eigenvalue weighted by molar-refractivity contribution is 14.1. The molecule has 0 bridgehead atoms. The summed E-state index contributed by atoms with van der Waals surface area (Å²) in [7, 11) is 7.41. The van der Waals surface area contributed by atoms with Crippen molar-refractivity contribution in [3.63, 3.8) is 0 Å². The van der Waals surface area contributed by atoms with Crippen molar-refractivity contribution in [2.45, 2.75) is 198 Å². The summed E-state index contributed by atoms with van der Waals surface area (Å²) in [5, 5.41) is 19.4. The molecule has 0 aromatic heterocycles. The molecule has 18 nitrogen and oxygen atoms in total. The number of anilines is 2. The van der Waals surface area contributed by atoms with Gasteiger partial charge in [0.05, 0.1) is 36.4 Å². The minimum Gasteiger partial charge on any atom is -1.00 e. The van der Waals surface area contributed by atoms with Crippen molar-refractivity contribution in [3.8, 4) is 0 Å². The monoisotopic (exact) mass is 2710 g/mol. The van der Waals surface area contributed by atoms with Gasteiger partial charge in [-0.25, -0.2) is 9.59 Å². The average molecular weight is 2710 g/mol. The van der Waals surface area contributed by atoms with Crippen LogP contribution in [0.4, 0.5) is 27.1 Å². The minimum atomic E-state index is -1.00. The Kier molecular flexibility index (Phi) is 40.4. The number of carboxylic acid groups (broad SMARTS) is 2. The standard InChI is InChI=1S/C47H51I4N4O8.C39H44I4N2O4.CH3F.2HI/c1-6-7-16-31(45(61)63-55-40(58)22-23-41(55)59)47(3)37(53(5)35-28-30(49)26-33(51)44(35)47)18-13-10-8-9-12-17-36-46(2,43-32(50)25-29(48)27-34(43)52(36)4)24-15-11-14-19-42(60)62-54-38(56)20-21-39(54)57;1-38(20-14-8-12-18-34(46)47)32(44(3)30-24-26(40)22-28(42)36(30)38)16-10-6-5-7-11-17-33-39(2,21-15-9-13-19-35(48)49)37-29(43)23-27(41)25-31(37)45(33)4;1-2;;/h8-10,12-13,17-18,25-28,31H,6-7,11,14-16,19-24H2,1-5H3;5-7,10-11,16-17,22-25H,8-9,12-15,18-21H2,1-4H3,(H-,46,47,48,49);1H3;2*1H/q+1;;;;/p-1/i;;1D;;. The van der Waals surface area contributed by atoms with Crippen LogP contribution >= 0.6 is 181 Å². The first-order valence-corrected chi connectivity index (χ1v) is 46.7. The van der Waals surface area contributed by atoms with E-state index in [4.69, 9.17) is 21.3 Å². The number of fused-ring (bicyclic) bond motifs is 4. The number of carboxylic acids is 2. The van der Waals surface area contributed by atoms with Crippen LogP contribution in [0.2, 0.25) is 0 Å². The van der Waals surface area contributed by atoms with Gasteiger partial charge in [0.2, 0.25) is 11.4 Å². The number of hydrogen-bond donors (Lipinski definition) is 2. The normalized spacial score (nSPS) is 21.2. The van der Waals surface area contributed by atoms with Gasteiger partial charge in [-0.05, 0) is 302 Å². The molecule has 4 aromatic rings. The average Bonchev–Trinajstić information content (AvgIpc) is 1.58. The molecule has 6 aliphatic rings. The van der Waals surface area contributed by atoms with E-state index >= 15 is 0 Å². The molecule has 4 amide bonds. The molecule has 4 aromatic carbocycles. The van der Waals surface area contributed by atoms with Crippen LogP contribution < -0.4 is 57.8 Å². The summed E-state index contributed by atoms with van der Waals surface area (Å²) in [5.41, 5.74) is 12.8. The van der Waals surface area contributed by atoms with E-state index in [-0.39, 0.29) is 109 Å². The predicted octanol–water partition coefficient (Wildman–Crippen LogP) is 15.7. The fourth-order valence-corrected chi connectivity index (χ4v) is 26.3. The summed E-state index contributed by atoms with van der Waals surface area (Å²) in [6.45, 7) is 11.1. The van der Waals surface area contributed by atoms with Gasteiger partial charge in [-0.3, -0.25) is 33.2 Å². The van der Waals surface area contributed by atoms with Gasteiger partial charge in [-0.2, -0.15) is 9.15 Å². The number of benzene rings is 4. The lowest BCUT2D eigenvalue weighted by molar-refractivity contribution is -0.401. The van der Waals surface area contributed by atoms with Crippen LogP contribution in [-0.4, -0.2) is 124 Å². The van der Waals surface area contributed by atoms with E-state index in [1.54, 1.807) is 0 Å². The van der Waals surface area contributed by atoms with Gasteiger partial charge in [-0.15, -0.1) is 10.1 Å². The largest absolute Gasteiger partial charge is 1.00 e. The predicted molar refractivity (Wildman–Crippen MR) is 515 cm³/mol. The Labute approximate surface area is 826 Å². The molecule has 6 heterocycles. The second-order valence-corrected chi connectivity index (χ2v) is 39.5. The number of hydrogen-bond acceptors (Lipinski definition) is 12. The van der Waals surface area contributed by atoms with Crippen molar-refractivity contribution >= 4 is 262 Å². The zero-order valence-corrected chi connectivity index (χ0v) is 87.9. The lowest BCUT2D eigenvalue weighted by atomic mass is 9.69. The van der Waals surface area contributed by atoms with Gasteiger partial charge in [0.15, 0.2) is 11.4 Å². The van der Waals surface area contributed by atoms with Gasteiger partial charge in [0.25, 0.3) is 23.6 Å². The van der Waals surface area contributed by atoms with Gasteiger partial charge < -0.3 is 77.6 Å². The molecule has 5 unspecified atom stereocenters. The number of carbonyl (C=O) groups excluding carboxylic acids is 6. The number of unbranched alkanes of at least 4 members (excludes halogenated alkanes) is 7. The Balaban J connectivity index is 0.000000356. The number of aliphatic carboxylic acids is 2. The molecule has 0 spiro atoms.